The summed E-state index contributed by atoms with van der Waals surface area (Å²) in [6.07, 6.45) is 3.73. The van der Waals surface area contributed by atoms with E-state index < -0.39 is 5.41 Å². The third kappa shape index (κ3) is 4.63. The molecule has 0 N–H and O–H groups in total. The van der Waals surface area contributed by atoms with Gasteiger partial charge in [0.2, 0.25) is 5.75 Å². The van der Waals surface area contributed by atoms with Gasteiger partial charge in [-0.25, -0.2) is 0 Å². The number of carbonyl (C=O) groups is 2. The minimum Gasteiger partial charge on any atom is -0.493 e. The normalized spacial score (nSPS) is 16.4. The molecule has 4 rings (SSSR count). The van der Waals surface area contributed by atoms with E-state index in [0.717, 1.165) is 47.9 Å². The predicted octanol–water partition coefficient (Wildman–Crippen LogP) is 5.64. The highest BCUT2D eigenvalue weighted by Crippen LogP contribution is 2.48. The van der Waals surface area contributed by atoms with Crippen molar-refractivity contribution in [3.63, 3.8) is 0 Å². The smallest absolute Gasteiger partial charge is 0.315 e. The van der Waals surface area contributed by atoms with Gasteiger partial charge >= 0.3 is 5.97 Å². The summed E-state index contributed by atoms with van der Waals surface area (Å²) in [7, 11) is 3.16. The number of carbonyl (C=O) groups excluding carboxylic acids is 2. The first-order valence-corrected chi connectivity index (χ1v) is 11.9. The molecule has 182 valence electrons. The molecule has 2 aliphatic carbocycles. The van der Waals surface area contributed by atoms with Crippen LogP contribution >= 0.6 is 0 Å². The number of rotatable bonds is 8. The van der Waals surface area contributed by atoms with Crippen molar-refractivity contribution >= 4 is 11.8 Å². The summed E-state index contributed by atoms with van der Waals surface area (Å²) >= 11 is 0. The van der Waals surface area contributed by atoms with Gasteiger partial charge in [0.05, 0.1) is 20.8 Å². The van der Waals surface area contributed by atoms with E-state index in [9.17, 15) is 9.59 Å². The fourth-order valence-electron chi connectivity index (χ4n) is 4.55. The highest BCUT2D eigenvalue weighted by Gasteiger charge is 2.47. The molecule has 0 aromatic heterocycles. The highest BCUT2D eigenvalue weighted by atomic mass is 16.5. The van der Waals surface area contributed by atoms with Crippen LogP contribution in [0.2, 0.25) is 0 Å². The van der Waals surface area contributed by atoms with Crippen LogP contribution < -0.4 is 14.2 Å². The quantitative estimate of drug-likeness (QED) is 0.469. The third-order valence-electron chi connectivity index (χ3n) is 6.71. The third-order valence-corrected chi connectivity index (χ3v) is 6.71. The second-order valence-electron chi connectivity index (χ2n) is 10.5. The van der Waals surface area contributed by atoms with Gasteiger partial charge in [-0.2, -0.15) is 0 Å². The van der Waals surface area contributed by atoms with Crippen LogP contribution in [0.15, 0.2) is 30.3 Å². The van der Waals surface area contributed by atoms with Gasteiger partial charge in [-0.05, 0) is 47.9 Å². The van der Waals surface area contributed by atoms with Crippen LogP contribution in [0.3, 0.4) is 0 Å². The van der Waals surface area contributed by atoms with Crippen molar-refractivity contribution in [1.82, 2.24) is 0 Å². The molecule has 0 atom stereocenters. The number of ketones is 1. The van der Waals surface area contributed by atoms with Gasteiger partial charge in [-0.15, -0.1) is 0 Å². The molecule has 2 aromatic carbocycles. The van der Waals surface area contributed by atoms with Gasteiger partial charge < -0.3 is 18.9 Å². The fourth-order valence-corrected chi connectivity index (χ4v) is 4.55. The molecule has 6 nitrogen and oxygen atoms in total. The van der Waals surface area contributed by atoms with Crippen LogP contribution in [0, 0.1) is 10.8 Å². The van der Waals surface area contributed by atoms with Crippen LogP contribution in [-0.4, -0.2) is 39.2 Å². The van der Waals surface area contributed by atoms with Crippen molar-refractivity contribution in [2.24, 2.45) is 10.8 Å². The van der Waals surface area contributed by atoms with Crippen LogP contribution in [0.4, 0.5) is 0 Å². The molecule has 2 aromatic rings. The number of hydrogen-bond acceptors (Lipinski definition) is 6. The van der Waals surface area contributed by atoms with Gasteiger partial charge in [0, 0.05) is 17.5 Å². The zero-order valence-corrected chi connectivity index (χ0v) is 20.8. The van der Waals surface area contributed by atoms with Crippen LogP contribution in [-0.2, 0) is 16.0 Å². The molecule has 0 unspecified atom stereocenters. The second kappa shape index (κ2) is 9.32. The molecule has 0 heterocycles. The zero-order valence-electron chi connectivity index (χ0n) is 20.8. The molecule has 0 amide bonds. The molecular formula is C28H34O6. The van der Waals surface area contributed by atoms with E-state index in [2.05, 4.69) is 0 Å². The Balaban J connectivity index is 1.65. The molecule has 1 fully saturated rings. The first-order chi connectivity index (χ1) is 16.2. The number of esters is 1. The lowest BCUT2D eigenvalue weighted by molar-refractivity contribution is -0.167. The Hall–Kier alpha value is -3.02. The van der Waals surface area contributed by atoms with Gasteiger partial charge in [-0.1, -0.05) is 45.4 Å². The van der Waals surface area contributed by atoms with Crippen molar-refractivity contribution in [3.05, 3.63) is 41.5 Å². The number of aryl methyl sites for hydroxylation is 1. The molecule has 2 aliphatic rings. The van der Waals surface area contributed by atoms with Crippen LogP contribution in [0.5, 0.6) is 17.2 Å². The lowest BCUT2D eigenvalue weighted by Gasteiger charge is -2.39. The van der Waals surface area contributed by atoms with Gasteiger partial charge in [0.1, 0.15) is 12.0 Å². The summed E-state index contributed by atoms with van der Waals surface area (Å²) in [5.41, 5.74) is 2.85. The van der Waals surface area contributed by atoms with Crippen molar-refractivity contribution in [1.29, 1.82) is 0 Å². The first-order valence-electron chi connectivity index (χ1n) is 11.9. The summed E-state index contributed by atoms with van der Waals surface area (Å²) in [5.74, 6) is 1.55. The Kier molecular flexibility index (Phi) is 6.61. The summed E-state index contributed by atoms with van der Waals surface area (Å²) in [6, 6.07) is 9.65. The fraction of sp³-hybridized carbons (Fsp3) is 0.500. The Morgan fingerprint density at radius 3 is 2.32 bits per heavy atom. The predicted molar refractivity (Wildman–Crippen MR) is 130 cm³/mol. The molecule has 34 heavy (non-hydrogen) atoms. The molecule has 0 saturated heterocycles. The Bertz CT molecular complexity index is 1090. The largest absolute Gasteiger partial charge is 0.493 e. The lowest BCUT2D eigenvalue weighted by atomic mass is 9.69. The van der Waals surface area contributed by atoms with E-state index >= 15 is 0 Å². The second-order valence-corrected chi connectivity index (χ2v) is 10.5. The maximum absolute atomic E-state index is 13.0. The minimum atomic E-state index is -0.652. The number of Topliss-reactive ketones (excluding diaryl/α,β-unsaturated/α-hetero) is 1. The van der Waals surface area contributed by atoms with Gasteiger partial charge in [0.25, 0.3) is 0 Å². The Labute approximate surface area is 201 Å². The van der Waals surface area contributed by atoms with E-state index in [1.54, 1.807) is 14.2 Å². The molecule has 0 aliphatic heterocycles. The first kappa shape index (κ1) is 24.1. The lowest BCUT2D eigenvalue weighted by Crippen LogP contribution is -2.45. The summed E-state index contributed by atoms with van der Waals surface area (Å²) < 4.78 is 23.3. The molecule has 0 bridgehead atoms. The van der Waals surface area contributed by atoms with E-state index in [1.165, 1.54) is 0 Å². The van der Waals surface area contributed by atoms with Gasteiger partial charge in [0.15, 0.2) is 17.3 Å². The van der Waals surface area contributed by atoms with E-state index in [1.807, 2.05) is 51.1 Å². The van der Waals surface area contributed by atoms with Crippen LogP contribution in [0.25, 0.3) is 11.1 Å². The van der Waals surface area contributed by atoms with Crippen molar-refractivity contribution in [2.45, 2.75) is 52.9 Å². The average Bonchev–Trinajstić information content (AvgIpc) is 3.15. The maximum atomic E-state index is 13.0. The summed E-state index contributed by atoms with van der Waals surface area (Å²) in [5, 5.41) is 0. The standard InChI is InChI=1S/C28H34O6/c1-27(2,3)16-34-26(30)28(13-6-14-28)17-33-24-21(10-12-23(31-4)25(24)32-5)19-7-9-20-18(15-19)8-11-22(20)29/h7,9-10,12,15H,6,8,11,13-14,16-17H2,1-5H3. The molecule has 0 radical (unpaired) electrons. The molecule has 6 heteroatoms. The SMILES string of the molecule is COc1ccc(-c2ccc3c(c2)CCC3=O)c(OCC2(C(=O)OCC(C)(C)C)CCC2)c1OC. The van der Waals surface area contributed by atoms with E-state index in [0.29, 0.717) is 30.3 Å². The Morgan fingerprint density at radius 1 is 0.971 bits per heavy atom. The van der Waals surface area contributed by atoms with E-state index in [-0.39, 0.29) is 23.8 Å². The number of methoxy groups -OCH3 is 2. The van der Waals surface area contributed by atoms with Gasteiger partial charge in [-0.3, -0.25) is 9.59 Å². The topological polar surface area (TPSA) is 71.1 Å². The maximum Gasteiger partial charge on any atom is 0.315 e. The molecule has 0 spiro atoms. The zero-order chi connectivity index (χ0) is 24.5. The van der Waals surface area contributed by atoms with Crippen molar-refractivity contribution in [2.75, 3.05) is 27.4 Å². The average molecular weight is 467 g/mol. The van der Waals surface area contributed by atoms with Crippen molar-refractivity contribution in [3.8, 4) is 28.4 Å². The Morgan fingerprint density at radius 2 is 1.71 bits per heavy atom. The molecule has 1 saturated carbocycles. The van der Waals surface area contributed by atoms with Crippen LogP contribution in [0.1, 0.15) is 62.4 Å². The number of hydrogen-bond donors (Lipinski definition) is 0. The molecular weight excluding hydrogens is 432 g/mol. The summed E-state index contributed by atoms with van der Waals surface area (Å²) in [4.78, 5) is 25.1. The number of ether oxygens (including phenoxy) is 4. The number of fused-ring (bicyclic) bond motifs is 1. The van der Waals surface area contributed by atoms with E-state index in [4.69, 9.17) is 18.9 Å². The number of benzene rings is 2. The van der Waals surface area contributed by atoms with Crippen molar-refractivity contribution < 1.29 is 28.5 Å². The summed E-state index contributed by atoms with van der Waals surface area (Å²) in [6.45, 7) is 6.70. The minimum absolute atomic E-state index is 0.0976. The highest BCUT2D eigenvalue weighted by molar-refractivity contribution is 6.01. The monoisotopic (exact) mass is 466 g/mol.